The lowest BCUT2D eigenvalue weighted by molar-refractivity contribution is 0.104. The molecule has 150 valence electrons. The minimum Gasteiger partial charge on any atom is -0.496 e. The molecule has 0 spiro atoms. The van der Waals surface area contributed by atoms with Gasteiger partial charge in [-0.15, -0.1) is 0 Å². The first-order valence-electron chi connectivity index (χ1n) is 9.52. The van der Waals surface area contributed by atoms with Crippen LogP contribution in [0.3, 0.4) is 0 Å². The van der Waals surface area contributed by atoms with E-state index in [1.54, 1.807) is 38.5 Å². The van der Waals surface area contributed by atoms with E-state index < -0.39 is 0 Å². The van der Waals surface area contributed by atoms with Gasteiger partial charge in [0.2, 0.25) is 0 Å². The van der Waals surface area contributed by atoms with E-state index in [-0.39, 0.29) is 11.2 Å². The molecule has 0 atom stereocenters. The van der Waals surface area contributed by atoms with Crippen LogP contribution < -0.4 is 14.2 Å². The zero-order valence-electron chi connectivity index (χ0n) is 17.7. The number of ketones is 1. The molecular formula is C24H30O4. The Balaban J connectivity index is 2.24. The number of carbonyl (C=O) groups is 1. The van der Waals surface area contributed by atoms with Crippen LogP contribution in [0.1, 0.15) is 55.6 Å². The van der Waals surface area contributed by atoms with Crippen molar-refractivity contribution in [1.82, 2.24) is 0 Å². The third kappa shape index (κ3) is 5.38. The lowest BCUT2D eigenvalue weighted by atomic mass is 9.84. The molecule has 2 aromatic carbocycles. The molecule has 0 aliphatic heterocycles. The number of ether oxygens (including phenoxy) is 3. The second kappa shape index (κ2) is 9.45. The van der Waals surface area contributed by atoms with Gasteiger partial charge in [0.15, 0.2) is 5.78 Å². The highest BCUT2D eigenvalue weighted by atomic mass is 16.5. The first-order valence-corrected chi connectivity index (χ1v) is 9.52. The highest BCUT2D eigenvalue weighted by Gasteiger charge is 2.24. The van der Waals surface area contributed by atoms with Gasteiger partial charge >= 0.3 is 0 Å². The normalized spacial score (nSPS) is 11.5. The van der Waals surface area contributed by atoms with Crippen LogP contribution in [-0.2, 0) is 5.41 Å². The molecule has 0 saturated carbocycles. The Bertz CT molecular complexity index is 802. The molecule has 0 aliphatic carbocycles. The molecule has 0 heterocycles. The molecule has 28 heavy (non-hydrogen) atoms. The minimum absolute atomic E-state index is 0.0696. The fourth-order valence-electron chi connectivity index (χ4n) is 2.97. The average molecular weight is 383 g/mol. The van der Waals surface area contributed by atoms with Crippen molar-refractivity contribution in [2.24, 2.45) is 0 Å². The third-order valence-electron chi connectivity index (χ3n) is 4.32. The minimum atomic E-state index is -0.129. The lowest BCUT2D eigenvalue weighted by Crippen LogP contribution is -2.14. The standard InChI is InChI=1S/C24H30O4/c1-7-14-28-19-11-9-18(10-12-19)20(25)13-8-17-15-21(26-5)23(24(2,3)4)22(16-17)27-6/h8-13,15-16H,7,14H2,1-6H3/b13-8+. The molecule has 0 fully saturated rings. The summed E-state index contributed by atoms with van der Waals surface area (Å²) in [5.41, 5.74) is 2.34. The number of rotatable bonds is 8. The number of methoxy groups -OCH3 is 2. The zero-order valence-corrected chi connectivity index (χ0v) is 17.7. The van der Waals surface area contributed by atoms with E-state index in [1.165, 1.54) is 0 Å². The van der Waals surface area contributed by atoms with Gasteiger partial charge in [-0.25, -0.2) is 0 Å². The van der Waals surface area contributed by atoms with Crippen molar-refractivity contribution in [2.75, 3.05) is 20.8 Å². The van der Waals surface area contributed by atoms with Crippen LogP contribution >= 0.6 is 0 Å². The third-order valence-corrected chi connectivity index (χ3v) is 4.32. The maximum atomic E-state index is 12.5. The van der Waals surface area contributed by atoms with Crippen molar-refractivity contribution >= 4 is 11.9 Å². The Morgan fingerprint density at radius 1 is 1.00 bits per heavy atom. The first-order chi connectivity index (χ1) is 13.3. The first kappa shape index (κ1) is 21.5. The van der Waals surface area contributed by atoms with Crippen LogP contribution in [0.15, 0.2) is 42.5 Å². The van der Waals surface area contributed by atoms with Crippen molar-refractivity contribution in [2.45, 2.75) is 39.5 Å². The fraction of sp³-hybridized carbons (Fsp3) is 0.375. The molecule has 4 heteroatoms. The van der Waals surface area contributed by atoms with E-state index in [0.29, 0.717) is 12.2 Å². The molecule has 0 radical (unpaired) electrons. The van der Waals surface area contributed by atoms with Crippen LogP contribution in [0.5, 0.6) is 17.2 Å². The van der Waals surface area contributed by atoms with Crippen molar-refractivity contribution in [3.63, 3.8) is 0 Å². The van der Waals surface area contributed by atoms with Gasteiger partial charge in [0, 0.05) is 11.1 Å². The fourth-order valence-corrected chi connectivity index (χ4v) is 2.97. The highest BCUT2D eigenvalue weighted by Crippen LogP contribution is 2.40. The monoisotopic (exact) mass is 382 g/mol. The van der Waals surface area contributed by atoms with Crippen LogP contribution in [0.4, 0.5) is 0 Å². The Hall–Kier alpha value is -2.75. The predicted molar refractivity (Wildman–Crippen MR) is 114 cm³/mol. The van der Waals surface area contributed by atoms with Gasteiger partial charge in [-0.2, -0.15) is 0 Å². The Kier molecular flexibility index (Phi) is 7.27. The highest BCUT2D eigenvalue weighted by molar-refractivity contribution is 6.06. The number of benzene rings is 2. The maximum absolute atomic E-state index is 12.5. The summed E-state index contributed by atoms with van der Waals surface area (Å²) in [4.78, 5) is 12.5. The predicted octanol–water partition coefficient (Wildman–Crippen LogP) is 5.69. The van der Waals surface area contributed by atoms with Gasteiger partial charge in [-0.05, 0) is 59.9 Å². The maximum Gasteiger partial charge on any atom is 0.185 e. The van der Waals surface area contributed by atoms with Crippen molar-refractivity contribution < 1.29 is 19.0 Å². The second-order valence-corrected chi connectivity index (χ2v) is 7.62. The zero-order chi connectivity index (χ0) is 20.7. The van der Waals surface area contributed by atoms with Crippen molar-refractivity contribution in [3.05, 3.63) is 59.2 Å². The molecule has 0 unspecified atom stereocenters. The number of hydrogen-bond acceptors (Lipinski definition) is 4. The summed E-state index contributed by atoms with van der Waals surface area (Å²) in [5, 5.41) is 0. The largest absolute Gasteiger partial charge is 0.496 e. The van der Waals surface area contributed by atoms with Gasteiger partial charge in [0.1, 0.15) is 17.2 Å². The SMILES string of the molecule is CCCOc1ccc(C(=O)/C=C/c2cc(OC)c(C(C)(C)C)c(OC)c2)cc1. The lowest BCUT2D eigenvalue weighted by Gasteiger charge is -2.25. The summed E-state index contributed by atoms with van der Waals surface area (Å²) < 4.78 is 16.7. The number of allylic oxidation sites excluding steroid dienone is 1. The number of carbonyl (C=O) groups excluding carboxylic acids is 1. The summed E-state index contributed by atoms with van der Waals surface area (Å²) in [6, 6.07) is 11.0. The molecule has 0 amide bonds. The second-order valence-electron chi connectivity index (χ2n) is 7.62. The van der Waals surface area contributed by atoms with E-state index in [4.69, 9.17) is 14.2 Å². The summed E-state index contributed by atoms with van der Waals surface area (Å²) in [6.07, 6.45) is 4.29. The molecule has 2 rings (SSSR count). The Morgan fingerprint density at radius 2 is 1.57 bits per heavy atom. The summed E-state index contributed by atoms with van der Waals surface area (Å²) >= 11 is 0. The molecule has 0 aliphatic rings. The Labute approximate surface area is 168 Å². The molecule has 0 aromatic heterocycles. The van der Waals surface area contributed by atoms with E-state index in [9.17, 15) is 4.79 Å². The molecule has 2 aromatic rings. The summed E-state index contributed by atoms with van der Waals surface area (Å²) in [7, 11) is 3.29. The van der Waals surface area contributed by atoms with Gasteiger partial charge in [0.05, 0.1) is 20.8 Å². The smallest absolute Gasteiger partial charge is 0.185 e. The van der Waals surface area contributed by atoms with E-state index in [1.807, 2.05) is 24.3 Å². The molecule has 4 nitrogen and oxygen atoms in total. The molecule has 0 saturated heterocycles. The number of hydrogen-bond donors (Lipinski definition) is 0. The van der Waals surface area contributed by atoms with Crippen LogP contribution in [0.25, 0.3) is 6.08 Å². The van der Waals surface area contributed by atoms with Crippen molar-refractivity contribution in [1.29, 1.82) is 0 Å². The molecule has 0 N–H and O–H groups in total. The summed E-state index contributed by atoms with van der Waals surface area (Å²) in [5.74, 6) is 2.20. The summed E-state index contributed by atoms with van der Waals surface area (Å²) in [6.45, 7) is 9.06. The van der Waals surface area contributed by atoms with Gasteiger partial charge in [-0.1, -0.05) is 33.8 Å². The van der Waals surface area contributed by atoms with Gasteiger partial charge in [0.25, 0.3) is 0 Å². The quantitative estimate of drug-likeness (QED) is 0.435. The van der Waals surface area contributed by atoms with E-state index in [0.717, 1.165) is 34.8 Å². The molecular weight excluding hydrogens is 352 g/mol. The van der Waals surface area contributed by atoms with Crippen LogP contribution in [-0.4, -0.2) is 26.6 Å². The van der Waals surface area contributed by atoms with Gasteiger partial charge < -0.3 is 14.2 Å². The van der Waals surface area contributed by atoms with E-state index in [2.05, 4.69) is 27.7 Å². The van der Waals surface area contributed by atoms with Crippen LogP contribution in [0.2, 0.25) is 0 Å². The van der Waals surface area contributed by atoms with Crippen LogP contribution in [0, 0.1) is 0 Å². The van der Waals surface area contributed by atoms with E-state index >= 15 is 0 Å². The van der Waals surface area contributed by atoms with Gasteiger partial charge in [-0.3, -0.25) is 4.79 Å². The average Bonchev–Trinajstić information content (AvgIpc) is 2.69. The Morgan fingerprint density at radius 3 is 2.04 bits per heavy atom. The molecule has 0 bridgehead atoms. The van der Waals surface area contributed by atoms with Crippen molar-refractivity contribution in [3.8, 4) is 17.2 Å². The topological polar surface area (TPSA) is 44.8 Å².